The molecule has 6 heteroatoms. The van der Waals surface area contributed by atoms with Gasteiger partial charge in [0.05, 0.1) is 25.1 Å². The highest BCUT2D eigenvalue weighted by atomic mass is 16.5. The van der Waals surface area contributed by atoms with Gasteiger partial charge in [-0.2, -0.15) is 0 Å². The monoisotopic (exact) mass is 288 g/mol. The number of hydrogen-bond donors (Lipinski definition) is 2. The van der Waals surface area contributed by atoms with Crippen LogP contribution in [0.25, 0.3) is 0 Å². The van der Waals surface area contributed by atoms with E-state index in [0.717, 1.165) is 0 Å². The summed E-state index contributed by atoms with van der Waals surface area (Å²) in [6.07, 6.45) is 1.50. The van der Waals surface area contributed by atoms with Crippen LogP contribution in [0, 0.1) is 0 Å². The van der Waals surface area contributed by atoms with E-state index < -0.39 is 11.8 Å². The number of hydrogen-bond acceptors (Lipinski definition) is 4. The van der Waals surface area contributed by atoms with E-state index in [0.29, 0.717) is 23.8 Å². The van der Waals surface area contributed by atoms with Gasteiger partial charge >= 0.3 is 11.8 Å². The summed E-state index contributed by atoms with van der Waals surface area (Å²) in [5.74, 6) is -0.399. The van der Waals surface area contributed by atoms with Crippen LogP contribution in [-0.2, 0) is 16.1 Å². The maximum absolute atomic E-state index is 11.8. The first kappa shape index (κ1) is 14.6. The Morgan fingerprint density at radius 2 is 1.95 bits per heavy atom. The highest BCUT2D eigenvalue weighted by Crippen LogP contribution is 2.23. The van der Waals surface area contributed by atoms with Crippen molar-refractivity contribution in [3.05, 3.63) is 48.4 Å². The van der Waals surface area contributed by atoms with Crippen LogP contribution in [0.2, 0.25) is 0 Å². The van der Waals surface area contributed by atoms with E-state index in [-0.39, 0.29) is 6.54 Å². The Hall–Kier alpha value is -2.76. The number of furan rings is 1. The van der Waals surface area contributed by atoms with E-state index in [1.54, 1.807) is 36.4 Å². The highest BCUT2D eigenvalue weighted by molar-refractivity contribution is 6.39. The number of anilines is 1. The molecular formula is C15H16N2O4. The molecule has 2 aromatic rings. The minimum Gasteiger partial charge on any atom is -0.492 e. The molecule has 2 amide bonds. The van der Waals surface area contributed by atoms with Crippen molar-refractivity contribution in [1.82, 2.24) is 5.32 Å². The predicted octanol–water partition coefficient (Wildman–Crippen LogP) is 1.93. The number of carbonyl (C=O) groups excluding carboxylic acids is 2. The zero-order valence-electron chi connectivity index (χ0n) is 11.6. The number of amides is 2. The first-order chi connectivity index (χ1) is 10.2. The van der Waals surface area contributed by atoms with Gasteiger partial charge in [-0.3, -0.25) is 9.59 Å². The van der Waals surface area contributed by atoms with Gasteiger partial charge in [-0.1, -0.05) is 12.1 Å². The second kappa shape index (κ2) is 7.14. The summed E-state index contributed by atoms with van der Waals surface area (Å²) in [5, 5.41) is 4.99. The van der Waals surface area contributed by atoms with E-state index in [4.69, 9.17) is 9.15 Å². The molecule has 2 rings (SSSR count). The summed E-state index contributed by atoms with van der Waals surface area (Å²) in [7, 11) is 0. The van der Waals surface area contributed by atoms with E-state index in [1.165, 1.54) is 6.26 Å². The number of benzene rings is 1. The molecule has 0 bridgehead atoms. The fraction of sp³-hybridized carbons (Fsp3) is 0.200. The maximum atomic E-state index is 11.8. The average Bonchev–Trinajstić information content (AvgIpc) is 3.00. The molecule has 0 radical (unpaired) electrons. The normalized spacial score (nSPS) is 9.95. The van der Waals surface area contributed by atoms with Gasteiger partial charge in [-0.15, -0.1) is 0 Å². The minimum atomic E-state index is -0.756. The Labute approximate surface area is 122 Å². The summed E-state index contributed by atoms with van der Waals surface area (Å²) >= 11 is 0. The zero-order valence-corrected chi connectivity index (χ0v) is 11.6. The Bertz CT molecular complexity index is 608. The Kier molecular flexibility index (Phi) is 4.98. The van der Waals surface area contributed by atoms with Crippen molar-refractivity contribution in [3.63, 3.8) is 0 Å². The molecule has 2 N–H and O–H groups in total. The lowest BCUT2D eigenvalue weighted by Crippen LogP contribution is -2.34. The van der Waals surface area contributed by atoms with E-state index >= 15 is 0 Å². The predicted molar refractivity (Wildman–Crippen MR) is 76.8 cm³/mol. The first-order valence-electron chi connectivity index (χ1n) is 6.54. The lowest BCUT2D eigenvalue weighted by atomic mass is 10.3. The number of ether oxygens (including phenoxy) is 1. The number of rotatable bonds is 5. The average molecular weight is 288 g/mol. The molecule has 6 nitrogen and oxygen atoms in total. The van der Waals surface area contributed by atoms with Crippen LogP contribution in [0.15, 0.2) is 47.1 Å². The quantitative estimate of drug-likeness (QED) is 0.824. The molecular weight excluding hydrogens is 272 g/mol. The fourth-order valence-electron chi connectivity index (χ4n) is 1.69. The molecule has 1 heterocycles. The standard InChI is InChI=1S/C15H16N2O4/c1-2-20-13-8-4-3-7-12(13)17-15(19)14(18)16-10-11-6-5-9-21-11/h3-9H,2,10H2,1H3,(H,16,18)(H,17,19). The van der Waals surface area contributed by atoms with Crippen molar-refractivity contribution in [2.45, 2.75) is 13.5 Å². The van der Waals surface area contributed by atoms with Gasteiger partial charge < -0.3 is 19.8 Å². The third kappa shape index (κ3) is 4.10. The summed E-state index contributed by atoms with van der Waals surface area (Å²) in [4.78, 5) is 23.5. The van der Waals surface area contributed by atoms with Crippen LogP contribution in [-0.4, -0.2) is 18.4 Å². The van der Waals surface area contributed by atoms with Crippen LogP contribution in [0.1, 0.15) is 12.7 Å². The van der Waals surface area contributed by atoms with Gasteiger partial charge in [-0.25, -0.2) is 0 Å². The lowest BCUT2D eigenvalue weighted by molar-refractivity contribution is -0.136. The van der Waals surface area contributed by atoms with Crippen molar-refractivity contribution in [2.24, 2.45) is 0 Å². The molecule has 1 aromatic heterocycles. The molecule has 21 heavy (non-hydrogen) atoms. The van der Waals surface area contributed by atoms with Crippen molar-refractivity contribution in [2.75, 3.05) is 11.9 Å². The largest absolute Gasteiger partial charge is 0.492 e. The van der Waals surface area contributed by atoms with Crippen LogP contribution < -0.4 is 15.4 Å². The number of nitrogens with one attached hydrogen (secondary N) is 2. The molecule has 1 aromatic carbocycles. The molecule has 110 valence electrons. The van der Waals surface area contributed by atoms with Gasteiger partial charge in [-0.05, 0) is 31.2 Å². The lowest BCUT2D eigenvalue weighted by Gasteiger charge is -2.10. The summed E-state index contributed by atoms with van der Waals surface area (Å²) in [6.45, 7) is 2.47. The van der Waals surface area contributed by atoms with Crippen molar-refractivity contribution < 1.29 is 18.7 Å². The zero-order chi connectivity index (χ0) is 15.1. The van der Waals surface area contributed by atoms with Crippen molar-refractivity contribution >= 4 is 17.5 Å². The molecule has 0 atom stereocenters. The summed E-state index contributed by atoms with van der Waals surface area (Å²) in [5.41, 5.74) is 0.456. The molecule has 0 saturated heterocycles. The Morgan fingerprint density at radius 3 is 2.67 bits per heavy atom. The van der Waals surface area contributed by atoms with Gasteiger partial charge in [0, 0.05) is 0 Å². The third-order valence-electron chi connectivity index (χ3n) is 2.64. The second-order valence-electron chi connectivity index (χ2n) is 4.15. The van der Waals surface area contributed by atoms with Crippen molar-refractivity contribution in [3.8, 4) is 5.75 Å². The van der Waals surface area contributed by atoms with Crippen LogP contribution in [0.4, 0.5) is 5.69 Å². The van der Waals surface area contributed by atoms with Gasteiger partial charge in [0.15, 0.2) is 0 Å². The SMILES string of the molecule is CCOc1ccccc1NC(=O)C(=O)NCc1ccco1. The molecule has 0 aliphatic carbocycles. The molecule has 0 fully saturated rings. The number of carbonyl (C=O) groups is 2. The van der Waals surface area contributed by atoms with Crippen LogP contribution >= 0.6 is 0 Å². The Balaban J connectivity index is 1.93. The van der Waals surface area contributed by atoms with E-state index in [9.17, 15) is 9.59 Å². The topological polar surface area (TPSA) is 80.6 Å². The first-order valence-corrected chi connectivity index (χ1v) is 6.54. The van der Waals surface area contributed by atoms with Gasteiger partial charge in [0.25, 0.3) is 0 Å². The second-order valence-corrected chi connectivity index (χ2v) is 4.15. The Morgan fingerprint density at radius 1 is 1.14 bits per heavy atom. The van der Waals surface area contributed by atoms with E-state index in [2.05, 4.69) is 10.6 Å². The summed E-state index contributed by atoms with van der Waals surface area (Å²) < 4.78 is 10.4. The van der Waals surface area contributed by atoms with Crippen LogP contribution in [0.5, 0.6) is 5.75 Å². The maximum Gasteiger partial charge on any atom is 0.313 e. The molecule has 0 aliphatic rings. The molecule has 0 aliphatic heterocycles. The fourth-order valence-corrected chi connectivity index (χ4v) is 1.69. The smallest absolute Gasteiger partial charge is 0.313 e. The van der Waals surface area contributed by atoms with Gasteiger partial charge in [0.1, 0.15) is 11.5 Å². The van der Waals surface area contributed by atoms with Gasteiger partial charge in [0.2, 0.25) is 0 Å². The van der Waals surface area contributed by atoms with Crippen LogP contribution in [0.3, 0.4) is 0 Å². The molecule has 0 unspecified atom stereocenters. The summed E-state index contributed by atoms with van der Waals surface area (Å²) in [6, 6.07) is 10.3. The number of para-hydroxylation sites is 2. The molecule has 0 spiro atoms. The van der Waals surface area contributed by atoms with Crippen molar-refractivity contribution in [1.29, 1.82) is 0 Å². The minimum absolute atomic E-state index is 0.159. The highest BCUT2D eigenvalue weighted by Gasteiger charge is 2.15. The third-order valence-corrected chi connectivity index (χ3v) is 2.64. The molecule has 0 saturated carbocycles. The van der Waals surface area contributed by atoms with E-state index in [1.807, 2.05) is 6.92 Å².